The quantitative estimate of drug-likeness (QED) is 0.0600. The van der Waals surface area contributed by atoms with E-state index < -0.39 is 0 Å². The van der Waals surface area contributed by atoms with E-state index >= 15 is 0 Å². The van der Waals surface area contributed by atoms with Gasteiger partial charge in [0.25, 0.3) is 0 Å². The molecule has 0 fully saturated rings. The molecule has 0 atom stereocenters. The van der Waals surface area contributed by atoms with Gasteiger partial charge in [-0.15, -0.1) is 0 Å². The minimum atomic E-state index is -0.148. The summed E-state index contributed by atoms with van der Waals surface area (Å²) in [7, 11) is 0. The molecule has 0 aromatic heterocycles. The second-order valence-corrected chi connectivity index (χ2v) is 18.8. The van der Waals surface area contributed by atoms with Crippen LogP contribution in [0.15, 0.2) is 0 Å². The zero-order chi connectivity index (χ0) is 41.2. The summed E-state index contributed by atoms with van der Waals surface area (Å²) in [6, 6.07) is 0. The van der Waals surface area contributed by atoms with Crippen molar-refractivity contribution in [2.45, 2.75) is 327 Å². The summed E-state index contributed by atoms with van der Waals surface area (Å²) in [6.07, 6.45) is 70.3. The SMILES string of the molecule is NC(=O)CCCCCCCCCCCCCCCCCCCCCCCCCCCCCCCCCCCCCCCCCCCCCCCCCCCC(N)=O. The zero-order valence-corrected chi connectivity index (χ0v) is 39.0. The van der Waals surface area contributed by atoms with Crippen molar-refractivity contribution in [3.63, 3.8) is 0 Å². The molecule has 0 unspecified atom stereocenters. The lowest BCUT2D eigenvalue weighted by atomic mass is 10.0. The van der Waals surface area contributed by atoms with Crippen LogP contribution in [0.25, 0.3) is 0 Å². The monoisotopic (exact) mass is 803 g/mol. The zero-order valence-electron chi connectivity index (χ0n) is 39.0. The summed E-state index contributed by atoms with van der Waals surface area (Å²) < 4.78 is 0. The fraction of sp³-hybridized carbons (Fsp3) is 0.962. The first-order valence-electron chi connectivity index (χ1n) is 26.7. The molecule has 4 nitrogen and oxygen atoms in total. The summed E-state index contributed by atoms with van der Waals surface area (Å²) in [4.78, 5) is 21.5. The Bertz CT molecular complexity index is 708. The normalized spacial score (nSPS) is 11.5. The molecule has 0 bridgehead atoms. The third-order valence-electron chi connectivity index (χ3n) is 12.8. The number of carbonyl (C=O) groups is 2. The predicted octanol–water partition coefficient (Wildman–Crippen LogP) is 17.9. The molecule has 4 heteroatoms. The third-order valence-corrected chi connectivity index (χ3v) is 12.8. The first-order valence-corrected chi connectivity index (χ1v) is 26.7. The van der Waals surface area contributed by atoms with E-state index in [1.807, 2.05) is 0 Å². The molecule has 57 heavy (non-hydrogen) atoms. The number of amides is 2. The molecular weight excluding hydrogens is 697 g/mol. The molecule has 0 radical (unpaired) electrons. The Morgan fingerprint density at radius 2 is 0.228 bits per heavy atom. The molecule has 2 amide bonds. The molecule has 0 heterocycles. The van der Waals surface area contributed by atoms with Crippen molar-refractivity contribution in [2.24, 2.45) is 11.5 Å². The molecule has 0 saturated carbocycles. The van der Waals surface area contributed by atoms with Crippen LogP contribution in [0.3, 0.4) is 0 Å². The largest absolute Gasteiger partial charge is 0.370 e. The van der Waals surface area contributed by atoms with E-state index in [0.29, 0.717) is 12.8 Å². The smallest absolute Gasteiger partial charge is 0.217 e. The van der Waals surface area contributed by atoms with Gasteiger partial charge in [0.15, 0.2) is 0 Å². The van der Waals surface area contributed by atoms with Gasteiger partial charge < -0.3 is 11.5 Å². The Hall–Kier alpha value is -1.06. The summed E-state index contributed by atoms with van der Waals surface area (Å²) in [5, 5.41) is 0. The fourth-order valence-electron chi connectivity index (χ4n) is 8.91. The highest BCUT2D eigenvalue weighted by atomic mass is 16.1. The van der Waals surface area contributed by atoms with Crippen molar-refractivity contribution in [3.05, 3.63) is 0 Å². The number of hydrogen-bond donors (Lipinski definition) is 2. The molecule has 340 valence electrons. The maximum Gasteiger partial charge on any atom is 0.217 e. The van der Waals surface area contributed by atoms with Gasteiger partial charge in [0, 0.05) is 12.8 Å². The average Bonchev–Trinajstić information content (AvgIpc) is 3.19. The number of unbranched alkanes of at least 4 members (excludes halogenated alkanes) is 48. The molecule has 0 saturated heterocycles. The van der Waals surface area contributed by atoms with E-state index in [2.05, 4.69) is 0 Å². The molecule has 0 rings (SSSR count). The van der Waals surface area contributed by atoms with Crippen molar-refractivity contribution >= 4 is 11.8 Å². The van der Waals surface area contributed by atoms with E-state index in [9.17, 15) is 9.59 Å². The summed E-state index contributed by atoms with van der Waals surface area (Å²) >= 11 is 0. The molecule has 0 aromatic rings. The van der Waals surface area contributed by atoms with Gasteiger partial charge in [-0.3, -0.25) is 9.59 Å². The minimum absolute atomic E-state index is 0.148. The summed E-state index contributed by atoms with van der Waals surface area (Å²) in [5.74, 6) is -0.297. The number of primary amides is 2. The maximum atomic E-state index is 10.7. The van der Waals surface area contributed by atoms with Crippen LogP contribution in [-0.4, -0.2) is 11.8 Å². The van der Waals surface area contributed by atoms with Gasteiger partial charge in [-0.2, -0.15) is 0 Å². The second kappa shape index (κ2) is 51.1. The average molecular weight is 803 g/mol. The first-order chi connectivity index (χ1) is 28.1. The van der Waals surface area contributed by atoms with Crippen LogP contribution >= 0.6 is 0 Å². The number of hydrogen-bond acceptors (Lipinski definition) is 2. The number of rotatable bonds is 52. The Labute approximate surface area is 359 Å². The lowest BCUT2D eigenvalue weighted by Crippen LogP contribution is -2.09. The molecular formula is C53H106N2O2. The maximum absolute atomic E-state index is 10.7. The van der Waals surface area contributed by atoms with E-state index in [1.165, 1.54) is 302 Å². The Morgan fingerprint density at radius 1 is 0.158 bits per heavy atom. The molecule has 0 aliphatic rings. The highest BCUT2D eigenvalue weighted by Crippen LogP contribution is 2.19. The van der Waals surface area contributed by atoms with Crippen LogP contribution in [0, 0.1) is 0 Å². The van der Waals surface area contributed by atoms with Crippen LogP contribution in [0.1, 0.15) is 327 Å². The van der Waals surface area contributed by atoms with Gasteiger partial charge >= 0.3 is 0 Å². The highest BCUT2D eigenvalue weighted by Gasteiger charge is 2.00. The van der Waals surface area contributed by atoms with Crippen molar-refractivity contribution in [1.29, 1.82) is 0 Å². The fourth-order valence-corrected chi connectivity index (χ4v) is 8.91. The van der Waals surface area contributed by atoms with Crippen molar-refractivity contribution in [1.82, 2.24) is 0 Å². The molecule has 0 spiro atoms. The third kappa shape index (κ3) is 54.9. The van der Waals surface area contributed by atoms with E-state index in [4.69, 9.17) is 11.5 Å². The van der Waals surface area contributed by atoms with Crippen LogP contribution in [0.2, 0.25) is 0 Å². The molecule has 4 N–H and O–H groups in total. The van der Waals surface area contributed by atoms with E-state index in [0.717, 1.165) is 12.8 Å². The highest BCUT2D eigenvalue weighted by molar-refractivity contribution is 5.73. The first kappa shape index (κ1) is 55.9. The number of nitrogens with two attached hydrogens (primary N) is 2. The second-order valence-electron chi connectivity index (χ2n) is 18.8. The lowest BCUT2D eigenvalue weighted by Gasteiger charge is -2.05. The molecule has 0 aromatic carbocycles. The van der Waals surface area contributed by atoms with Crippen molar-refractivity contribution in [2.75, 3.05) is 0 Å². The van der Waals surface area contributed by atoms with Crippen LogP contribution < -0.4 is 11.5 Å². The summed E-state index contributed by atoms with van der Waals surface area (Å²) in [5.41, 5.74) is 10.4. The van der Waals surface area contributed by atoms with Crippen LogP contribution in [0.4, 0.5) is 0 Å². The van der Waals surface area contributed by atoms with E-state index in [-0.39, 0.29) is 11.8 Å². The minimum Gasteiger partial charge on any atom is -0.370 e. The Kier molecular flexibility index (Phi) is 50.1. The van der Waals surface area contributed by atoms with Crippen LogP contribution in [-0.2, 0) is 9.59 Å². The predicted molar refractivity (Wildman–Crippen MR) is 254 cm³/mol. The molecule has 0 aliphatic heterocycles. The van der Waals surface area contributed by atoms with Gasteiger partial charge in [0.1, 0.15) is 0 Å². The van der Waals surface area contributed by atoms with Gasteiger partial charge in [0.05, 0.1) is 0 Å². The Morgan fingerprint density at radius 3 is 0.298 bits per heavy atom. The van der Waals surface area contributed by atoms with Gasteiger partial charge in [-0.05, 0) is 12.8 Å². The van der Waals surface area contributed by atoms with E-state index in [1.54, 1.807) is 0 Å². The van der Waals surface area contributed by atoms with Crippen molar-refractivity contribution in [3.8, 4) is 0 Å². The standard InChI is InChI=1S/C53H106N2O2/c54-52(56)50-48-46-44-42-40-38-36-34-32-30-28-26-24-22-20-18-16-14-12-10-8-6-4-2-1-3-5-7-9-11-13-15-17-19-21-23-25-27-29-31-33-35-37-39-41-43-45-47-49-51-53(55)57/h1-51H2,(H2,54,56)(H2,55,57). The summed E-state index contributed by atoms with van der Waals surface area (Å²) in [6.45, 7) is 0. The number of carbonyl (C=O) groups excluding carboxylic acids is 2. The Balaban J connectivity index is 3.06. The van der Waals surface area contributed by atoms with Crippen molar-refractivity contribution < 1.29 is 9.59 Å². The topological polar surface area (TPSA) is 86.2 Å². The van der Waals surface area contributed by atoms with Gasteiger partial charge in [-0.1, -0.05) is 302 Å². The lowest BCUT2D eigenvalue weighted by molar-refractivity contribution is -0.119. The van der Waals surface area contributed by atoms with Crippen LogP contribution in [0.5, 0.6) is 0 Å². The van der Waals surface area contributed by atoms with Gasteiger partial charge in [0.2, 0.25) is 11.8 Å². The molecule has 0 aliphatic carbocycles. The van der Waals surface area contributed by atoms with Gasteiger partial charge in [-0.25, -0.2) is 0 Å².